The predicted octanol–water partition coefficient (Wildman–Crippen LogP) is 2.12. The minimum atomic E-state index is -0.783. The van der Waals surface area contributed by atoms with Crippen LogP contribution in [0.2, 0.25) is 5.02 Å². The number of fused-ring (bicyclic) bond motifs is 1. The van der Waals surface area contributed by atoms with E-state index >= 15 is 0 Å². The molecule has 146 valence electrons. The molecule has 2 amide bonds. The van der Waals surface area contributed by atoms with Gasteiger partial charge in [-0.3, -0.25) is 19.4 Å². The van der Waals surface area contributed by atoms with E-state index < -0.39 is 6.10 Å². The van der Waals surface area contributed by atoms with E-state index in [2.05, 4.69) is 9.80 Å². The Bertz CT molecular complexity index is 861. The van der Waals surface area contributed by atoms with E-state index in [0.29, 0.717) is 17.7 Å². The number of piperazine rings is 1. The summed E-state index contributed by atoms with van der Waals surface area (Å²) in [6.45, 7) is 3.61. The highest BCUT2D eigenvalue weighted by Crippen LogP contribution is 2.26. The van der Waals surface area contributed by atoms with Crippen molar-refractivity contribution in [3.05, 3.63) is 64.7 Å². The standard InChI is InChI=1S/C21H22ClN3O3/c22-18-7-3-4-8-19(18)24-11-9-23(10-12-24)13-15(26)14-25-20(27)16-5-1-2-6-17(16)21(25)28/h1-8,15,26H,9-14H2/t15-/m0/s1. The number of imide groups is 1. The van der Waals surface area contributed by atoms with Crippen molar-refractivity contribution >= 4 is 29.1 Å². The maximum Gasteiger partial charge on any atom is 0.261 e. The van der Waals surface area contributed by atoms with E-state index in [1.165, 1.54) is 0 Å². The summed E-state index contributed by atoms with van der Waals surface area (Å²) in [6, 6.07) is 14.6. The van der Waals surface area contributed by atoms with Gasteiger partial charge in [-0.05, 0) is 24.3 Å². The number of β-amino-alcohol motifs (C(OH)–C–C–N with tert-alkyl or cyclic N) is 1. The molecule has 7 heteroatoms. The second-order valence-corrected chi connectivity index (χ2v) is 7.57. The second-order valence-electron chi connectivity index (χ2n) is 7.16. The van der Waals surface area contributed by atoms with Gasteiger partial charge in [0.1, 0.15) is 0 Å². The number of rotatable bonds is 5. The zero-order valence-corrected chi connectivity index (χ0v) is 16.2. The van der Waals surface area contributed by atoms with Crippen molar-refractivity contribution in [3.8, 4) is 0 Å². The quantitative estimate of drug-likeness (QED) is 0.780. The van der Waals surface area contributed by atoms with Crippen LogP contribution in [0.4, 0.5) is 5.69 Å². The van der Waals surface area contributed by atoms with Crippen molar-refractivity contribution in [2.75, 3.05) is 44.2 Å². The van der Waals surface area contributed by atoms with Gasteiger partial charge in [-0.1, -0.05) is 35.9 Å². The number of halogens is 1. The van der Waals surface area contributed by atoms with Crippen molar-refractivity contribution < 1.29 is 14.7 Å². The van der Waals surface area contributed by atoms with Crippen LogP contribution in [-0.2, 0) is 0 Å². The number of para-hydroxylation sites is 1. The van der Waals surface area contributed by atoms with Crippen molar-refractivity contribution in [2.45, 2.75) is 6.10 Å². The number of aliphatic hydroxyl groups is 1. The lowest BCUT2D eigenvalue weighted by Gasteiger charge is -2.37. The molecule has 4 rings (SSSR count). The van der Waals surface area contributed by atoms with Gasteiger partial charge in [-0.15, -0.1) is 0 Å². The summed E-state index contributed by atoms with van der Waals surface area (Å²) in [6.07, 6.45) is -0.783. The molecule has 1 atom stereocenters. The van der Waals surface area contributed by atoms with Gasteiger partial charge in [0.2, 0.25) is 0 Å². The molecule has 0 bridgehead atoms. The highest BCUT2D eigenvalue weighted by atomic mass is 35.5. The number of carbonyl (C=O) groups is 2. The highest BCUT2D eigenvalue weighted by molar-refractivity contribution is 6.33. The van der Waals surface area contributed by atoms with Gasteiger partial charge in [0, 0.05) is 32.7 Å². The summed E-state index contributed by atoms with van der Waals surface area (Å²) < 4.78 is 0. The van der Waals surface area contributed by atoms with Gasteiger partial charge >= 0.3 is 0 Å². The first-order valence-electron chi connectivity index (χ1n) is 9.39. The molecule has 0 spiro atoms. The van der Waals surface area contributed by atoms with Crippen molar-refractivity contribution in [2.24, 2.45) is 0 Å². The maximum atomic E-state index is 12.4. The maximum absolute atomic E-state index is 12.4. The van der Waals surface area contributed by atoms with Crippen LogP contribution < -0.4 is 4.90 Å². The number of benzene rings is 2. The number of amides is 2. The first-order chi connectivity index (χ1) is 13.5. The van der Waals surface area contributed by atoms with Crippen LogP contribution in [0.1, 0.15) is 20.7 Å². The Balaban J connectivity index is 1.31. The third kappa shape index (κ3) is 3.63. The Labute approximate surface area is 168 Å². The van der Waals surface area contributed by atoms with E-state index in [1.807, 2.05) is 24.3 Å². The lowest BCUT2D eigenvalue weighted by Crippen LogP contribution is -2.50. The normalized spacial score (nSPS) is 18.5. The number of aliphatic hydroxyl groups excluding tert-OH is 1. The molecule has 2 heterocycles. The Morgan fingerprint density at radius 3 is 2.04 bits per heavy atom. The summed E-state index contributed by atoms with van der Waals surface area (Å²) in [5.41, 5.74) is 1.84. The number of hydrogen-bond donors (Lipinski definition) is 1. The Morgan fingerprint density at radius 1 is 0.857 bits per heavy atom. The number of carbonyl (C=O) groups excluding carboxylic acids is 2. The largest absolute Gasteiger partial charge is 0.390 e. The molecule has 0 saturated carbocycles. The molecule has 2 aromatic rings. The monoisotopic (exact) mass is 399 g/mol. The molecule has 0 unspecified atom stereocenters. The minimum Gasteiger partial charge on any atom is -0.390 e. The van der Waals surface area contributed by atoms with E-state index in [0.717, 1.165) is 41.8 Å². The second kappa shape index (κ2) is 7.91. The molecule has 2 aliphatic heterocycles. The van der Waals surface area contributed by atoms with E-state index in [1.54, 1.807) is 24.3 Å². The van der Waals surface area contributed by atoms with Crippen LogP contribution in [0.25, 0.3) is 0 Å². The summed E-state index contributed by atoms with van der Waals surface area (Å²) >= 11 is 6.27. The first-order valence-corrected chi connectivity index (χ1v) is 9.77. The molecule has 0 radical (unpaired) electrons. The van der Waals surface area contributed by atoms with E-state index in [-0.39, 0.29) is 18.4 Å². The van der Waals surface area contributed by atoms with Gasteiger partial charge < -0.3 is 10.0 Å². The summed E-state index contributed by atoms with van der Waals surface area (Å²) in [7, 11) is 0. The lowest BCUT2D eigenvalue weighted by molar-refractivity contribution is 0.0469. The van der Waals surface area contributed by atoms with Gasteiger partial charge in [0.25, 0.3) is 11.8 Å². The van der Waals surface area contributed by atoms with Crippen molar-refractivity contribution in [3.63, 3.8) is 0 Å². The molecular formula is C21H22ClN3O3. The fourth-order valence-corrected chi connectivity index (χ4v) is 4.11. The molecule has 1 saturated heterocycles. The Hall–Kier alpha value is -2.41. The fraction of sp³-hybridized carbons (Fsp3) is 0.333. The van der Waals surface area contributed by atoms with Crippen molar-refractivity contribution in [1.29, 1.82) is 0 Å². The van der Waals surface area contributed by atoms with E-state index in [4.69, 9.17) is 11.6 Å². The van der Waals surface area contributed by atoms with Gasteiger partial charge in [0.15, 0.2) is 0 Å². The zero-order chi connectivity index (χ0) is 19.7. The zero-order valence-electron chi connectivity index (χ0n) is 15.4. The molecule has 28 heavy (non-hydrogen) atoms. The van der Waals surface area contributed by atoms with Crippen LogP contribution in [-0.4, -0.2) is 72.1 Å². The topological polar surface area (TPSA) is 64.1 Å². The third-order valence-electron chi connectivity index (χ3n) is 5.31. The molecule has 1 fully saturated rings. The van der Waals surface area contributed by atoms with Crippen molar-refractivity contribution in [1.82, 2.24) is 9.80 Å². The molecule has 2 aromatic carbocycles. The SMILES string of the molecule is O=C1c2ccccc2C(=O)N1C[C@@H](O)CN1CCN(c2ccccc2Cl)CC1. The Kier molecular flexibility index (Phi) is 5.35. The lowest BCUT2D eigenvalue weighted by atomic mass is 10.1. The number of hydrogen-bond acceptors (Lipinski definition) is 5. The molecule has 1 N–H and O–H groups in total. The smallest absolute Gasteiger partial charge is 0.261 e. The molecule has 0 aromatic heterocycles. The van der Waals surface area contributed by atoms with Gasteiger partial charge in [0.05, 0.1) is 34.5 Å². The summed E-state index contributed by atoms with van der Waals surface area (Å²) in [5, 5.41) is 11.2. The molecule has 2 aliphatic rings. The summed E-state index contributed by atoms with van der Waals surface area (Å²) in [5.74, 6) is -0.661. The van der Waals surface area contributed by atoms with Gasteiger partial charge in [-0.25, -0.2) is 0 Å². The molecule has 6 nitrogen and oxygen atoms in total. The predicted molar refractivity (Wildman–Crippen MR) is 108 cm³/mol. The average Bonchev–Trinajstić information content (AvgIpc) is 2.94. The molecular weight excluding hydrogens is 378 g/mol. The first kappa shape index (κ1) is 18.9. The van der Waals surface area contributed by atoms with Crippen LogP contribution >= 0.6 is 11.6 Å². The fourth-order valence-electron chi connectivity index (χ4n) is 3.85. The van der Waals surface area contributed by atoms with Gasteiger partial charge in [-0.2, -0.15) is 0 Å². The molecule has 0 aliphatic carbocycles. The number of anilines is 1. The average molecular weight is 400 g/mol. The van der Waals surface area contributed by atoms with Crippen LogP contribution in [0, 0.1) is 0 Å². The minimum absolute atomic E-state index is 0.0110. The summed E-state index contributed by atoms with van der Waals surface area (Å²) in [4.78, 5) is 30.4. The van der Waals surface area contributed by atoms with Crippen LogP contribution in [0.3, 0.4) is 0 Å². The van der Waals surface area contributed by atoms with Crippen LogP contribution in [0.5, 0.6) is 0 Å². The number of nitrogens with zero attached hydrogens (tertiary/aromatic N) is 3. The van der Waals surface area contributed by atoms with E-state index in [9.17, 15) is 14.7 Å². The van der Waals surface area contributed by atoms with Crippen LogP contribution in [0.15, 0.2) is 48.5 Å². The Morgan fingerprint density at radius 2 is 1.43 bits per heavy atom. The highest BCUT2D eigenvalue weighted by Gasteiger charge is 2.36. The third-order valence-corrected chi connectivity index (χ3v) is 5.63.